The molecular formula is C45H28N4O. The summed E-state index contributed by atoms with van der Waals surface area (Å²) in [5.41, 5.74) is 10.00. The van der Waals surface area contributed by atoms with Crippen molar-refractivity contribution >= 4 is 43.7 Å². The molecule has 0 aliphatic heterocycles. The van der Waals surface area contributed by atoms with E-state index < -0.39 is 0 Å². The molecule has 0 radical (unpaired) electrons. The van der Waals surface area contributed by atoms with Gasteiger partial charge in [-0.2, -0.15) is 0 Å². The molecule has 234 valence electrons. The molecule has 3 aromatic heterocycles. The van der Waals surface area contributed by atoms with E-state index in [-0.39, 0.29) is 0 Å². The zero-order valence-corrected chi connectivity index (χ0v) is 26.9. The Labute approximate surface area is 287 Å². The summed E-state index contributed by atoms with van der Waals surface area (Å²) in [7, 11) is 0. The first-order valence-corrected chi connectivity index (χ1v) is 16.7. The SMILES string of the molecule is c1ccc(-c2cccc(-c3nc(-c4ccccc4)nc(-c4cccc5c4c4ccccc4n5-c4ccc5c(c4)oc4ccccc45)n3)c2)cc1. The minimum atomic E-state index is 0.625. The standard InChI is InChI=1S/C45H28N4O/c1-3-13-29(14-4-1)31-17-11-18-32(27-31)44-46-43(30-15-5-2-6-16-30)47-45(48-44)37-21-12-23-39-42(37)36-20-7-9-22-38(36)49(39)33-25-26-35-34-19-8-10-24-40(34)50-41(35)28-33/h1-28H. The van der Waals surface area contributed by atoms with Crippen LogP contribution >= 0.6 is 0 Å². The highest BCUT2D eigenvalue weighted by molar-refractivity contribution is 6.15. The minimum absolute atomic E-state index is 0.625. The molecule has 5 nitrogen and oxygen atoms in total. The highest BCUT2D eigenvalue weighted by atomic mass is 16.3. The highest BCUT2D eigenvalue weighted by Gasteiger charge is 2.20. The average Bonchev–Trinajstić information content (AvgIpc) is 3.74. The van der Waals surface area contributed by atoms with Gasteiger partial charge in [0.25, 0.3) is 0 Å². The molecule has 3 heterocycles. The Bertz CT molecular complexity index is 2870. The lowest BCUT2D eigenvalue weighted by Gasteiger charge is -2.11. The van der Waals surface area contributed by atoms with Gasteiger partial charge >= 0.3 is 0 Å². The van der Waals surface area contributed by atoms with Gasteiger partial charge in [0.15, 0.2) is 17.5 Å². The molecular weight excluding hydrogens is 613 g/mol. The minimum Gasteiger partial charge on any atom is -0.456 e. The van der Waals surface area contributed by atoms with Crippen LogP contribution in [0.1, 0.15) is 0 Å². The molecule has 0 saturated carbocycles. The van der Waals surface area contributed by atoms with Crippen LogP contribution in [0.25, 0.3) is 94.7 Å². The molecule has 0 amide bonds. The monoisotopic (exact) mass is 640 g/mol. The molecule has 5 heteroatoms. The van der Waals surface area contributed by atoms with Gasteiger partial charge in [-0.15, -0.1) is 0 Å². The summed E-state index contributed by atoms with van der Waals surface area (Å²) in [5.74, 6) is 1.88. The van der Waals surface area contributed by atoms with Crippen molar-refractivity contribution in [1.82, 2.24) is 19.5 Å². The van der Waals surface area contributed by atoms with Crippen molar-refractivity contribution in [1.29, 1.82) is 0 Å². The third-order valence-electron chi connectivity index (χ3n) is 9.45. The van der Waals surface area contributed by atoms with Gasteiger partial charge < -0.3 is 8.98 Å². The molecule has 0 aliphatic carbocycles. The summed E-state index contributed by atoms with van der Waals surface area (Å²) in [6.45, 7) is 0. The number of fused-ring (bicyclic) bond motifs is 6. The smallest absolute Gasteiger partial charge is 0.164 e. The third-order valence-corrected chi connectivity index (χ3v) is 9.45. The molecule has 50 heavy (non-hydrogen) atoms. The number of hydrogen-bond acceptors (Lipinski definition) is 4. The predicted molar refractivity (Wildman–Crippen MR) is 203 cm³/mol. The quantitative estimate of drug-likeness (QED) is 0.188. The van der Waals surface area contributed by atoms with Gasteiger partial charge in [0.2, 0.25) is 0 Å². The summed E-state index contributed by atoms with van der Waals surface area (Å²) in [6.07, 6.45) is 0. The lowest BCUT2D eigenvalue weighted by Crippen LogP contribution is -2.00. The molecule has 0 fully saturated rings. The van der Waals surface area contributed by atoms with E-state index in [1.54, 1.807) is 0 Å². The number of hydrogen-bond donors (Lipinski definition) is 0. The van der Waals surface area contributed by atoms with Crippen molar-refractivity contribution in [3.8, 4) is 51.0 Å². The van der Waals surface area contributed by atoms with Crippen LogP contribution in [0.15, 0.2) is 174 Å². The molecule has 0 unspecified atom stereocenters. The lowest BCUT2D eigenvalue weighted by atomic mass is 10.0. The predicted octanol–water partition coefficient (Wildman–Crippen LogP) is 11.5. The Kier molecular flexibility index (Phi) is 6.42. The van der Waals surface area contributed by atoms with Crippen molar-refractivity contribution < 1.29 is 4.42 Å². The van der Waals surface area contributed by atoms with E-state index in [1.807, 2.05) is 48.5 Å². The molecule has 0 atom stereocenters. The second kappa shape index (κ2) is 11.4. The van der Waals surface area contributed by atoms with Gasteiger partial charge in [0.1, 0.15) is 11.2 Å². The van der Waals surface area contributed by atoms with Crippen LogP contribution in [-0.2, 0) is 0 Å². The zero-order chi connectivity index (χ0) is 33.0. The number of para-hydroxylation sites is 2. The first-order chi connectivity index (χ1) is 24.8. The topological polar surface area (TPSA) is 56.7 Å². The molecule has 10 aromatic rings. The fraction of sp³-hybridized carbons (Fsp3) is 0. The van der Waals surface area contributed by atoms with E-state index in [0.717, 1.165) is 77.2 Å². The summed E-state index contributed by atoms with van der Waals surface area (Å²) >= 11 is 0. The van der Waals surface area contributed by atoms with Crippen molar-refractivity contribution in [2.24, 2.45) is 0 Å². The second-order valence-electron chi connectivity index (χ2n) is 12.5. The number of rotatable bonds is 5. The van der Waals surface area contributed by atoms with E-state index in [9.17, 15) is 0 Å². The van der Waals surface area contributed by atoms with Gasteiger partial charge in [0.05, 0.1) is 11.0 Å². The number of nitrogens with zero attached hydrogens (tertiary/aromatic N) is 4. The molecule has 0 bridgehead atoms. The summed E-state index contributed by atoms with van der Waals surface area (Å²) in [6, 6.07) is 58.5. The van der Waals surface area contributed by atoms with Crippen LogP contribution in [-0.4, -0.2) is 19.5 Å². The molecule has 0 saturated heterocycles. The van der Waals surface area contributed by atoms with E-state index in [0.29, 0.717) is 17.5 Å². The Hall–Kier alpha value is -6.85. The average molecular weight is 641 g/mol. The van der Waals surface area contributed by atoms with Crippen LogP contribution in [0.4, 0.5) is 0 Å². The third kappa shape index (κ3) is 4.60. The first-order valence-electron chi connectivity index (χ1n) is 16.7. The number of furan rings is 1. The molecule has 0 N–H and O–H groups in total. The molecule has 0 aliphatic rings. The van der Waals surface area contributed by atoms with Gasteiger partial charge in [-0.1, -0.05) is 127 Å². The van der Waals surface area contributed by atoms with Crippen LogP contribution in [0, 0.1) is 0 Å². The normalized spacial score (nSPS) is 11.6. The molecule has 0 spiro atoms. The van der Waals surface area contributed by atoms with Gasteiger partial charge in [-0.05, 0) is 47.5 Å². The zero-order valence-electron chi connectivity index (χ0n) is 26.9. The summed E-state index contributed by atoms with van der Waals surface area (Å²) < 4.78 is 8.62. The van der Waals surface area contributed by atoms with Crippen LogP contribution in [0.2, 0.25) is 0 Å². The summed E-state index contributed by atoms with van der Waals surface area (Å²) in [4.78, 5) is 15.4. The number of aromatic nitrogens is 4. The Morgan fingerprint density at radius 1 is 0.380 bits per heavy atom. The molecule has 10 rings (SSSR count). The van der Waals surface area contributed by atoms with E-state index in [2.05, 4.69) is 126 Å². The summed E-state index contributed by atoms with van der Waals surface area (Å²) in [5, 5.41) is 4.43. The fourth-order valence-corrected chi connectivity index (χ4v) is 7.15. The van der Waals surface area contributed by atoms with Crippen LogP contribution < -0.4 is 0 Å². The van der Waals surface area contributed by atoms with E-state index >= 15 is 0 Å². The van der Waals surface area contributed by atoms with Gasteiger partial charge in [-0.25, -0.2) is 15.0 Å². The Morgan fingerprint density at radius 3 is 1.82 bits per heavy atom. The Balaban J connectivity index is 1.20. The van der Waals surface area contributed by atoms with Crippen molar-refractivity contribution in [2.75, 3.05) is 0 Å². The second-order valence-corrected chi connectivity index (χ2v) is 12.5. The van der Waals surface area contributed by atoms with E-state index in [1.165, 1.54) is 0 Å². The lowest BCUT2D eigenvalue weighted by molar-refractivity contribution is 0.668. The van der Waals surface area contributed by atoms with Gasteiger partial charge in [-0.3, -0.25) is 0 Å². The largest absolute Gasteiger partial charge is 0.456 e. The fourth-order valence-electron chi connectivity index (χ4n) is 7.15. The number of benzene rings is 7. The maximum absolute atomic E-state index is 6.32. The van der Waals surface area contributed by atoms with Crippen molar-refractivity contribution in [2.45, 2.75) is 0 Å². The van der Waals surface area contributed by atoms with Crippen molar-refractivity contribution in [3.05, 3.63) is 170 Å². The van der Waals surface area contributed by atoms with Crippen LogP contribution in [0.5, 0.6) is 0 Å². The van der Waals surface area contributed by atoms with E-state index in [4.69, 9.17) is 19.4 Å². The first kappa shape index (κ1) is 28.2. The molecule has 7 aromatic carbocycles. The van der Waals surface area contributed by atoms with Crippen LogP contribution in [0.3, 0.4) is 0 Å². The maximum Gasteiger partial charge on any atom is 0.164 e. The van der Waals surface area contributed by atoms with Crippen molar-refractivity contribution in [3.63, 3.8) is 0 Å². The Morgan fingerprint density at radius 2 is 0.980 bits per heavy atom. The maximum atomic E-state index is 6.32. The highest BCUT2D eigenvalue weighted by Crippen LogP contribution is 2.39. The van der Waals surface area contributed by atoms with Gasteiger partial charge in [0, 0.05) is 50.0 Å².